The van der Waals surface area contributed by atoms with E-state index in [0.29, 0.717) is 22.9 Å². The third-order valence-electron chi connectivity index (χ3n) is 4.78. The van der Waals surface area contributed by atoms with Crippen LogP contribution in [0.1, 0.15) is 21.1 Å². The lowest BCUT2D eigenvalue weighted by Gasteiger charge is -2.09. The molecule has 0 saturated carbocycles. The van der Waals surface area contributed by atoms with Gasteiger partial charge >= 0.3 is 0 Å². The third-order valence-corrected chi connectivity index (χ3v) is 4.78. The Morgan fingerprint density at radius 2 is 1.50 bits per heavy atom. The SMILES string of the molecule is CNC(=O)c1cc(Oc2ccc(NC(=O)c3nccc(-c4ccc(OC)cc4)n3)cc2)ccn1. The molecule has 2 amide bonds. The number of nitrogens with one attached hydrogen (secondary N) is 2. The second-order valence-corrected chi connectivity index (χ2v) is 7.03. The Morgan fingerprint density at radius 1 is 0.794 bits per heavy atom. The summed E-state index contributed by atoms with van der Waals surface area (Å²) < 4.78 is 10.9. The predicted octanol–water partition coefficient (Wildman–Crippen LogP) is 3.95. The molecule has 0 radical (unpaired) electrons. The first-order chi connectivity index (χ1) is 16.6. The summed E-state index contributed by atoms with van der Waals surface area (Å²) in [6.45, 7) is 0. The fourth-order valence-corrected chi connectivity index (χ4v) is 3.05. The summed E-state index contributed by atoms with van der Waals surface area (Å²) >= 11 is 0. The topological polar surface area (TPSA) is 115 Å². The first kappa shape index (κ1) is 22.4. The fourth-order valence-electron chi connectivity index (χ4n) is 3.05. The molecule has 0 fully saturated rings. The van der Waals surface area contributed by atoms with E-state index in [1.807, 2.05) is 24.3 Å². The van der Waals surface area contributed by atoms with Gasteiger partial charge in [-0.15, -0.1) is 0 Å². The first-order valence-electron chi connectivity index (χ1n) is 10.3. The lowest BCUT2D eigenvalue weighted by atomic mass is 10.1. The van der Waals surface area contributed by atoms with Crippen LogP contribution in [0.3, 0.4) is 0 Å². The van der Waals surface area contributed by atoms with Crippen molar-refractivity contribution in [2.75, 3.05) is 19.5 Å². The van der Waals surface area contributed by atoms with Crippen molar-refractivity contribution in [3.8, 4) is 28.5 Å². The second-order valence-electron chi connectivity index (χ2n) is 7.03. The van der Waals surface area contributed by atoms with Gasteiger partial charge in [0.2, 0.25) is 5.82 Å². The fraction of sp³-hybridized carbons (Fsp3) is 0.0800. The van der Waals surface area contributed by atoms with Crippen molar-refractivity contribution in [1.82, 2.24) is 20.3 Å². The highest BCUT2D eigenvalue weighted by Crippen LogP contribution is 2.24. The third kappa shape index (κ3) is 5.33. The Kier molecular flexibility index (Phi) is 6.73. The maximum absolute atomic E-state index is 12.7. The Morgan fingerprint density at radius 3 is 2.21 bits per heavy atom. The summed E-state index contributed by atoms with van der Waals surface area (Å²) in [5.74, 6) is 1.04. The molecule has 0 aliphatic carbocycles. The molecule has 9 nitrogen and oxygen atoms in total. The molecule has 34 heavy (non-hydrogen) atoms. The number of nitrogens with zero attached hydrogens (tertiary/aromatic N) is 3. The van der Waals surface area contributed by atoms with Gasteiger partial charge in [0, 0.05) is 36.8 Å². The standard InChI is InChI=1S/C25H21N5O4/c1-26-24(31)22-15-20(11-13-27-22)34-19-9-5-17(6-10-19)29-25(32)23-28-14-12-21(30-23)16-3-7-18(33-2)8-4-16/h3-15H,1-2H3,(H,26,31)(H,29,32). The Bertz CT molecular complexity index is 1310. The molecule has 0 saturated heterocycles. The van der Waals surface area contributed by atoms with Gasteiger partial charge in [-0.25, -0.2) is 9.97 Å². The molecule has 4 aromatic rings. The second kappa shape index (κ2) is 10.2. The number of carbonyl (C=O) groups is 2. The summed E-state index contributed by atoms with van der Waals surface area (Å²) in [5, 5.41) is 5.29. The predicted molar refractivity (Wildman–Crippen MR) is 126 cm³/mol. The quantitative estimate of drug-likeness (QED) is 0.433. The number of methoxy groups -OCH3 is 1. The molecule has 2 aromatic heterocycles. The Hall–Kier alpha value is -4.79. The molecule has 2 aromatic carbocycles. The molecule has 0 unspecified atom stereocenters. The molecule has 0 spiro atoms. The minimum atomic E-state index is -0.437. The number of amides is 2. The van der Waals surface area contributed by atoms with Crippen LogP contribution in [0.15, 0.2) is 79.1 Å². The zero-order valence-electron chi connectivity index (χ0n) is 18.5. The summed E-state index contributed by atoms with van der Waals surface area (Å²) in [4.78, 5) is 36.9. The lowest BCUT2D eigenvalue weighted by molar-refractivity contribution is 0.0956. The van der Waals surface area contributed by atoms with Crippen molar-refractivity contribution >= 4 is 17.5 Å². The summed E-state index contributed by atoms with van der Waals surface area (Å²) in [7, 11) is 3.13. The van der Waals surface area contributed by atoms with Gasteiger partial charge in [-0.3, -0.25) is 14.6 Å². The van der Waals surface area contributed by atoms with Crippen molar-refractivity contribution in [3.63, 3.8) is 0 Å². The Labute approximate surface area is 195 Å². The molecule has 0 atom stereocenters. The van der Waals surface area contributed by atoms with Crippen LogP contribution in [0.5, 0.6) is 17.2 Å². The van der Waals surface area contributed by atoms with Crippen LogP contribution < -0.4 is 20.1 Å². The first-order valence-corrected chi connectivity index (χ1v) is 10.3. The largest absolute Gasteiger partial charge is 0.497 e. The van der Waals surface area contributed by atoms with Crippen LogP contribution >= 0.6 is 0 Å². The molecular weight excluding hydrogens is 434 g/mol. The molecule has 4 rings (SSSR count). The van der Waals surface area contributed by atoms with E-state index in [1.54, 1.807) is 55.8 Å². The van der Waals surface area contributed by atoms with E-state index < -0.39 is 5.91 Å². The van der Waals surface area contributed by atoms with Crippen molar-refractivity contribution in [2.24, 2.45) is 0 Å². The van der Waals surface area contributed by atoms with Gasteiger partial charge in [-0.2, -0.15) is 0 Å². The van der Waals surface area contributed by atoms with E-state index in [2.05, 4.69) is 25.6 Å². The van der Waals surface area contributed by atoms with E-state index in [-0.39, 0.29) is 17.4 Å². The Balaban J connectivity index is 1.42. The average Bonchev–Trinajstić information content (AvgIpc) is 2.89. The number of carbonyl (C=O) groups excluding carboxylic acids is 2. The number of anilines is 1. The molecule has 0 aliphatic heterocycles. The van der Waals surface area contributed by atoms with Gasteiger partial charge < -0.3 is 20.1 Å². The molecule has 0 bridgehead atoms. The van der Waals surface area contributed by atoms with Gasteiger partial charge in [0.05, 0.1) is 12.8 Å². The number of ether oxygens (including phenoxy) is 2. The molecule has 0 aliphatic rings. The van der Waals surface area contributed by atoms with Crippen molar-refractivity contribution in [1.29, 1.82) is 0 Å². The van der Waals surface area contributed by atoms with Crippen molar-refractivity contribution < 1.29 is 19.1 Å². The van der Waals surface area contributed by atoms with Crippen LogP contribution in [0, 0.1) is 0 Å². The minimum absolute atomic E-state index is 0.0483. The van der Waals surface area contributed by atoms with Gasteiger partial charge in [-0.1, -0.05) is 0 Å². The number of hydrogen-bond acceptors (Lipinski definition) is 7. The lowest BCUT2D eigenvalue weighted by Crippen LogP contribution is -2.18. The number of hydrogen-bond donors (Lipinski definition) is 2. The zero-order valence-corrected chi connectivity index (χ0v) is 18.5. The monoisotopic (exact) mass is 455 g/mol. The minimum Gasteiger partial charge on any atom is -0.497 e. The van der Waals surface area contributed by atoms with Gasteiger partial charge in [0.1, 0.15) is 22.9 Å². The van der Waals surface area contributed by atoms with Crippen LogP contribution in [0.25, 0.3) is 11.3 Å². The molecule has 2 heterocycles. The van der Waals surface area contributed by atoms with Crippen molar-refractivity contribution in [3.05, 3.63) is 90.6 Å². The highest BCUT2D eigenvalue weighted by molar-refractivity contribution is 6.01. The summed E-state index contributed by atoms with van der Waals surface area (Å²) in [5.41, 5.74) is 2.27. The van der Waals surface area contributed by atoms with E-state index >= 15 is 0 Å². The van der Waals surface area contributed by atoms with E-state index in [1.165, 1.54) is 13.2 Å². The average molecular weight is 455 g/mol. The summed E-state index contributed by atoms with van der Waals surface area (Å²) in [6, 6.07) is 19.1. The zero-order chi connectivity index (χ0) is 23.9. The maximum atomic E-state index is 12.7. The van der Waals surface area contributed by atoms with Crippen molar-refractivity contribution in [2.45, 2.75) is 0 Å². The van der Waals surface area contributed by atoms with E-state index in [0.717, 1.165) is 11.3 Å². The summed E-state index contributed by atoms with van der Waals surface area (Å²) in [6.07, 6.45) is 3.04. The highest BCUT2D eigenvalue weighted by Gasteiger charge is 2.12. The number of rotatable bonds is 7. The highest BCUT2D eigenvalue weighted by atomic mass is 16.5. The van der Waals surface area contributed by atoms with Crippen LogP contribution in [-0.4, -0.2) is 40.9 Å². The normalized spacial score (nSPS) is 10.3. The molecule has 170 valence electrons. The molecule has 9 heteroatoms. The van der Waals surface area contributed by atoms with E-state index in [4.69, 9.17) is 9.47 Å². The smallest absolute Gasteiger partial charge is 0.293 e. The van der Waals surface area contributed by atoms with Crippen LogP contribution in [0.4, 0.5) is 5.69 Å². The van der Waals surface area contributed by atoms with Crippen LogP contribution in [0.2, 0.25) is 0 Å². The van der Waals surface area contributed by atoms with Gasteiger partial charge in [0.25, 0.3) is 11.8 Å². The number of pyridine rings is 1. The van der Waals surface area contributed by atoms with Crippen LogP contribution in [-0.2, 0) is 0 Å². The van der Waals surface area contributed by atoms with E-state index in [9.17, 15) is 9.59 Å². The maximum Gasteiger partial charge on any atom is 0.293 e. The number of aromatic nitrogens is 3. The number of benzene rings is 2. The molecular formula is C25H21N5O4. The van der Waals surface area contributed by atoms with Gasteiger partial charge in [0.15, 0.2) is 0 Å². The molecule has 2 N–H and O–H groups in total. The van der Waals surface area contributed by atoms with Gasteiger partial charge in [-0.05, 0) is 60.7 Å².